The minimum atomic E-state index is -0.913. The van der Waals surface area contributed by atoms with Crippen molar-refractivity contribution in [2.75, 3.05) is 13.2 Å². The van der Waals surface area contributed by atoms with Gasteiger partial charge in [-0.25, -0.2) is 14.4 Å². The van der Waals surface area contributed by atoms with Crippen molar-refractivity contribution in [2.45, 2.75) is 84.2 Å². The third-order valence-corrected chi connectivity index (χ3v) is 5.06. The van der Waals surface area contributed by atoms with Crippen molar-refractivity contribution in [3.63, 3.8) is 0 Å². The molecule has 0 aliphatic heterocycles. The number of halogens is 1. The van der Waals surface area contributed by atoms with Gasteiger partial charge in [-0.05, 0) is 37.1 Å². The minimum absolute atomic E-state index is 0.101. The summed E-state index contributed by atoms with van der Waals surface area (Å²) in [6.07, 6.45) is 13.6. The van der Waals surface area contributed by atoms with Gasteiger partial charge in [0.25, 0.3) is 0 Å². The Labute approximate surface area is 181 Å². The van der Waals surface area contributed by atoms with E-state index in [1.807, 2.05) is 24.3 Å². The van der Waals surface area contributed by atoms with Gasteiger partial charge in [0.1, 0.15) is 18.5 Å². The zero-order valence-corrected chi connectivity index (χ0v) is 18.6. The molecule has 0 saturated heterocycles. The van der Waals surface area contributed by atoms with E-state index < -0.39 is 6.17 Å². The van der Waals surface area contributed by atoms with Crippen molar-refractivity contribution >= 4 is 0 Å². The molecule has 1 unspecified atom stereocenters. The topological polar surface area (TPSA) is 44.2 Å². The molecule has 0 bridgehead atoms. The van der Waals surface area contributed by atoms with E-state index in [1.165, 1.54) is 32.1 Å². The summed E-state index contributed by atoms with van der Waals surface area (Å²) in [5.74, 6) is 2.00. The van der Waals surface area contributed by atoms with Crippen molar-refractivity contribution < 1.29 is 13.9 Å². The van der Waals surface area contributed by atoms with E-state index in [0.29, 0.717) is 30.4 Å². The summed E-state index contributed by atoms with van der Waals surface area (Å²) in [5.41, 5.74) is 0.893. The molecular formula is C25H37FN2O2. The predicted molar refractivity (Wildman–Crippen MR) is 121 cm³/mol. The summed E-state index contributed by atoms with van der Waals surface area (Å²) < 4.78 is 25.1. The predicted octanol–water partition coefficient (Wildman–Crippen LogP) is 7.18. The Balaban J connectivity index is 1.71. The summed E-state index contributed by atoms with van der Waals surface area (Å²) in [6, 6.07) is 7.46. The molecule has 0 N–H and O–H groups in total. The number of rotatable bonds is 16. The molecule has 2 aromatic rings. The summed E-state index contributed by atoms with van der Waals surface area (Å²) in [5, 5.41) is 0. The van der Waals surface area contributed by atoms with Crippen LogP contribution in [0.5, 0.6) is 11.5 Å². The lowest BCUT2D eigenvalue weighted by Gasteiger charge is -2.11. The maximum Gasteiger partial charge on any atom is 0.159 e. The fraction of sp³-hybridized carbons (Fsp3) is 0.600. The fourth-order valence-corrected chi connectivity index (χ4v) is 3.20. The second kappa shape index (κ2) is 14.8. The molecule has 166 valence electrons. The maximum atomic E-state index is 13.8. The lowest BCUT2D eigenvalue weighted by molar-refractivity contribution is 0.184. The van der Waals surface area contributed by atoms with E-state index in [1.54, 1.807) is 12.4 Å². The van der Waals surface area contributed by atoms with Gasteiger partial charge in [0, 0.05) is 5.56 Å². The number of nitrogens with zero attached hydrogens (tertiary/aromatic N) is 2. The van der Waals surface area contributed by atoms with Gasteiger partial charge in [0.15, 0.2) is 11.6 Å². The van der Waals surface area contributed by atoms with Crippen LogP contribution in [-0.4, -0.2) is 29.4 Å². The van der Waals surface area contributed by atoms with E-state index in [2.05, 4.69) is 23.8 Å². The molecule has 1 heterocycles. The zero-order valence-electron chi connectivity index (χ0n) is 18.6. The van der Waals surface area contributed by atoms with Gasteiger partial charge < -0.3 is 9.47 Å². The summed E-state index contributed by atoms with van der Waals surface area (Å²) in [7, 11) is 0. The van der Waals surface area contributed by atoms with E-state index in [4.69, 9.17) is 9.47 Å². The molecule has 1 aromatic carbocycles. The van der Waals surface area contributed by atoms with Crippen LogP contribution in [0.25, 0.3) is 11.4 Å². The molecular weight excluding hydrogens is 379 g/mol. The Morgan fingerprint density at radius 2 is 1.40 bits per heavy atom. The van der Waals surface area contributed by atoms with Crippen LogP contribution in [0.15, 0.2) is 36.7 Å². The van der Waals surface area contributed by atoms with Crippen molar-refractivity contribution in [1.82, 2.24) is 9.97 Å². The number of hydrogen-bond donors (Lipinski definition) is 0. The van der Waals surface area contributed by atoms with Gasteiger partial charge in [0.05, 0.1) is 19.0 Å². The maximum absolute atomic E-state index is 13.8. The largest absolute Gasteiger partial charge is 0.491 e. The minimum Gasteiger partial charge on any atom is -0.491 e. The first kappa shape index (κ1) is 24.1. The van der Waals surface area contributed by atoms with Crippen LogP contribution < -0.4 is 9.47 Å². The molecule has 0 spiro atoms. The molecule has 0 aliphatic rings. The van der Waals surface area contributed by atoms with Gasteiger partial charge in [-0.1, -0.05) is 65.2 Å². The Morgan fingerprint density at radius 1 is 0.767 bits per heavy atom. The number of benzene rings is 1. The van der Waals surface area contributed by atoms with E-state index in [0.717, 1.165) is 31.2 Å². The summed E-state index contributed by atoms with van der Waals surface area (Å²) in [6.45, 7) is 5.15. The zero-order chi connectivity index (χ0) is 21.4. The molecule has 0 amide bonds. The molecule has 30 heavy (non-hydrogen) atoms. The molecule has 1 atom stereocenters. The highest BCUT2D eigenvalue weighted by atomic mass is 19.1. The van der Waals surface area contributed by atoms with E-state index in [9.17, 15) is 4.39 Å². The Kier molecular flexibility index (Phi) is 11.9. The highest BCUT2D eigenvalue weighted by Crippen LogP contribution is 2.21. The first-order valence-electron chi connectivity index (χ1n) is 11.5. The summed E-state index contributed by atoms with van der Waals surface area (Å²) in [4.78, 5) is 8.79. The second-order valence-electron chi connectivity index (χ2n) is 7.79. The molecule has 2 rings (SSSR count). The van der Waals surface area contributed by atoms with Crippen LogP contribution >= 0.6 is 0 Å². The molecule has 0 radical (unpaired) electrons. The number of ether oxygens (including phenoxy) is 2. The van der Waals surface area contributed by atoms with Crippen LogP contribution in [0.3, 0.4) is 0 Å². The lowest BCUT2D eigenvalue weighted by atomic mass is 10.1. The highest BCUT2D eigenvalue weighted by molar-refractivity contribution is 5.56. The Bertz CT molecular complexity index is 677. The van der Waals surface area contributed by atoms with Crippen LogP contribution in [0.2, 0.25) is 0 Å². The van der Waals surface area contributed by atoms with Gasteiger partial charge in [0.2, 0.25) is 0 Å². The number of hydrogen-bond acceptors (Lipinski definition) is 4. The monoisotopic (exact) mass is 416 g/mol. The highest BCUT2D eigenvalue weighted by Gasteiger charge is 2.08. The molecule has 4 nitrogen and oxygen atoms in total. The van der Waals surface area contributed by atoms with Crippen LogP contribution in [0.1, 0.15) is 78.1 Å². The third kappa shape index (κ3) is 9.55. The van der Waals surface area contributed by atoms with Gasteiger partial charge >= 0.3 is 0 Å². The average molecular weight is 417 g/mol. The van der Waals surface area contributed by atoms with Crippen LogP contribution in [0.4, 0.5) is 4.39 Å². The first-order chi connectivity index (χ1) is 14.7. The van der Waals surface area contributed by atoms with Crippen molar-refractivity contribution in [2.24, 2.45) is 0 Å². The second-order valence-corrected chi connectivity index (χ2v) is 7.79. The average Bonchev–Trinajstić information content (AvgIpc) is 2.78. The SMILES string of the molecule is CCCCCCCCOc1cnc(-c2ccc(OCC(F)CCCCC)cc2)nc1. The quantitative estimate of drug-likeness (QED) is 0.272. The normalized spacial score (nSPS) is 12.0. The smallest absolute Gasteiger partial charge is 0.159 e. The lowest BCUT2D eigenvalue weighted by Crippen LogP contribution is -2.12. The van der Waals surface area contributed by atoms with Crippen molar-refractivity contribution in [3.05, 3.63) is 36.7 Å². The Morgan fingerprint density at radius 3 is 2.10 bits per heavy atom. The van der Waals surface area contributed by atoms with E-state index >= 15 is 0 Å². The number of unbranched alkanes of at least 4 members (excludes halogenated alkanes) is 7. The van der Waals surface area contributed by atoms with Gasteiger partial charge in [-0.15, -0.1) is 0 Å². The number of aromatic nitrogens is 2. The first-order valence-corrected chi connectivity index (χ1v) is 11.5. The standard InChI is InChI=1S/C25H37FN2O2/c1-3-5-7-8-9-11-17-29-24-18-27-25(28-19-24)21-13-15-23(16-14-21)30-20-22(26)12-10-6-4-2/h13-16,18-19,22H,3-12,17,20H2,1-2H3. The number of alkyl halides is 1. The summed E-state index contributed by atoms with van der Waals surface area (Å²) >= 11 is 0. The molecule has 0 saturated carbocycles. The van der Waals surface area contributed by atoms with Gasteiger partial charge in [-0.3, -0.25) is 0 Å². The van der Waals surface area contributed by atoms with Crippen LogP contribution in [-0.2, 0) is 0 Å². The molecule has 0 fully saturated rings. The third-order valence-electron chi connectivity index (χ3n) is 5.06. The molecule has 1 aromatic heterocycles. The van der Waals surface area contributed by atoms with Crippen molar-refractivity contribution in [1.29, 1.82) is 0 Å². The molecule has 5 heteroatoms. The molecule has 0 aliphatic carbocycles. The fourth-order valence-electron chi connectivity index (χ4n) is 3.20. The Hall–Kier alpha value is -2.17. The van der Waals surface area contributed by atoms with Gasteiger partial charge in [-0.2, -0.15) is 0 Å². The van der Waals surface area contributed by atoms with E-state index in [-0.39, 0.29) is 6.61 Å². The van der Waals surface area contributed by atoms with Crippen LogP contribution in [0, 0.1) is 0 Å². The van der Waals surface area contributed by atoms with Crippen molar-refractivity contribution in [3.8, 4) is 22.9 Å².